The van der Waals surface area contributed by atoms with Crippen LogP contribution in [-0.2, 0) is 26.1 Å². The molecule has 0 radical (unpaired) electrons. The number of alkyl halides is 3. The van der Waals surface area contributed by atoms with Crippen LogP contribution in [0.25, 0.3) is 6.08 Å². The van der Waals surface area contributed by atoms with Crippen LogP contribution < -0.4 is 4.18 Å². The van der Waals surface area contributed by atoms with Crippen molar-refractivity contribution in [2.45, 2.75) is 58.5 Å². The number of aryl methyl sites for hydroxylation is 1. The number of hydrogen-bond donors (Lipinski definition) is 0. The Morgan fingerprint density at radius 1 is 1.14 bits per heavy atom. The van der Waals surface area contributed by atoms with Crippen LogP contribution in [0.1, 0.15) is 61.3 Å². The van der Waals surface area contributed by atoms with Gasteiger partial charge < -0.3 is 8.92 Å². The molecule has 5 nitrogen and oxygen atoms in total. The molecular formula is C26H31F3O5S. The molecule has 2 aromatic carbocycles. The summed E-state index contributed by atoms with van der Waals surface area (Å²) < 4.78 is 67.9. The van der Waals surface area contributed by atoms with Gasteiger partial charge in [-0.15, -0.1) is 0 Å². The summed E-state index contributed by atoms with van der Waals surface area (Å²) in [5.41, 5.74) is 5.39. The Balaban J connectivity index is 0.000000247. The number of esters is 1. The molecule has 1 aliphatic carbocycles. The van der Waals surface area contributed by atoms with Crippen LogP contribution in [-0.4, -0.2) is 33.4 Å². The van der Waals surface area contributed by atoms with Gasteiger partial charge in [-0.2, -0.15) is 21.6 Å². The van der Waals surface area contributed by atoms with E-state index in [9.17, 15) is 26.4 Å². The highest BCUT2D eigenvalue weighted by Gasteiger charge is 2.28. The molecule has 0 spiro atoms. The highest BCUT2D eigenvalue weighted by atomic mass is 32.2. The molecule has 0 aliphatic heterocycles. The van der Waals surface area contributed by atoms with Crippen molar-refractivity contribution in [2.24, 2.45) is 0 Å². The maximum absolute atomic E-state index is 11.9. The van der Waals surface area contributed by atoms with E-state index in [1.807, 2.05) is 6.08 Å². The Labute approximate surface area is 205 Å². The van der Waals surface area contributed by atoms with Crippen molar-refractivity contribution in [3.8, 4) is 5.75 Å². The van der Waals surface area contributed by atoms with Gasteiger partial charge in [0.25, 0.3) is 0 Å². The third-order valence-electron chi connectivity index (χ3n) is 5.60. The molecule has 2 aromatic rings. The summed E-state index contributed by atoms with van der Waals surface area (Å²) in [6.45, 7) is 6.17. The minimum Gasteiger partial charge on any atom is -0.466 e. The lowest BCUT2D eigenvalue weighted by Crippen LogP contribution is -2.16. The zero-order valence-corrected chi connectivity index (χ0v) is 21.1. The molecule has 0 heterocycles. The van der Waals surface area contributed by atoms with Crippen molar-refractivity contribution in [3.05, 3.63) is 70.3 Å². The predicted octanol–water partition coefficient (Wildman–Crippen LogP) is 6.36. The van der Waals surface area contributed by atoms with E-state index >= 15 is 0 Å². The van der Waals surface area contributed by atoms with Crippen LogP contribution >= 0.6 is 0 Å². The van der Waals surface area contributed by atoms with Gasteiger partial charge in [0.2, 0.25) is 0 Å². The molecule has 0 aromatic heterocycles. The fraction of sp³-hybridized carbons (Fsp3) is 0.423. The molecule has 0 saturated carbocycles. The smallest absolute Gasteiger partial charge is 0.389 e. The Morgan fingerprint density at radius 2 is 1.83 bits per heavy atom. The molecule has 3 rings (SSSR count). The fourth-order valence-corrected chi connectivity index (χ4v) is 4.62. The first-order valence-electron chi connectivity index (χ1n) is 11.3. The summed E-state index contributed by atoms with van der Waals surface area (Å²) in [5, 5.41) is 0. The Kier molecular flexibility index (Phi) is 9.94. The summed E-state index contributed by atoms with van der Waals surface area (Å²) in [6.07, 6.45) is -2.21. The average molecular weight is 513 g/mol. The molecule has 9 heteroatoms. The van der Waals surface area contributed by atoms with E-state index in [4.69, 9.17) is 8.92 Å². The monoisotopic (exact) mass is 512 g/mol. The molecule has 35 heavy (non-hydrogen) atoms. The van der Waals surface area contributed by atoms with Crippen LogP contribution in [0.2, 0.25) is 0 Å². The average Bonchev–Trinajstić information content (AvgIpc) is 3.21. The minimum absolute atomic E-state index is 0.113. The SMILES string of the molecule is CCC(C)c1cccc2c1CC(C(=O)OC)=C2.Cc1cccc(OS(=O)(=O)CCCC(F)(F)F)c1. The maximum Gasteiger partial charge on any atom is 0.389 e. The van der Waals surface area contributed by atoms with Gasteiger partial charge in [-0.05, 0) is 66.1 Å². The van der Waals surface area contributed by atoms with Gasteiger partial charge >= 0.3 is 22.3 Å². The third kappa shape index (κ3) is 9.05. The summed E-state index contributed by atoms with van der Waals surface area (Å²) >= 11 is 0. The molecule has 0 bridgehead atoms. The van der Waals surface area contributed by atoms with Gasteiger partial charge in [-0.25, -0.2) is 4.79 Å². The number of benzene rings is 2. The van der Waals surface area contributed by atoms with Gasteiger partial charge in [0.15, 0.2) is 0 Å². The van der Waals surface area contributed by atoms with E-state index in [-0.39, 0.29) is 11.7 Å². The van der Waals surface area contributed by atoms with Crippen LogP contribution in [0.5, 0.6) is 5.75 Å². The van der Waals surface area contributed by atoms with Crippen molar-refractivity contribution in [1.29, 1.82) is 0 Å². The topological polar surface area (TPSA) is 69.7 Å². The lowest BCUT2D eigenvalue weighted by Gasteiger charge is -2.14. The molecule has 1 atom stereocenters. The number of halogens is 3. The van der Waals surface area contributed by atoms with Gasteiger partial charge in [0, 0.05) is 18.4 Å². The zero-order valence-electron chi connectivity index (χ0n) is 20.3. The number of methoxy groups -OCH3 is 1. The first-order chi connectivity index (χ1) is 16.3. The van der Waals surface area contributed by atoms with Gasteiger partial charge in [-0.1, -0.05) is 44.2 Å². The second-order valence-corrected chi connectivity index (χ2v) is 10.1. The number of fused-ring (bicyclic) bond motifs is 1. The number of rotatable bonds is 8. The normalized spacial score (nSPS) is 13.7. The second kappa shape index (κ2) is 12.2. The summed E-state index contributed by atoms with van der Waals surface area (Å²) in [7, 11) is -2.54. The van der Waals surface area contributed by atoms with Crippen molar-refractivity contribution in [1.82, 2.24) is 0 Å². The Hall–Kier alpha value is -2.81. The Bertz CT molecular complexity index is 1150. The summed E-state index contributed by atoms with van der Waals surface area (Å²) in [6, 6.07) is 12.6. The van der Waals surface area contributed by atoms with E-state index in [1.54, 1.807) is 19.1 Å². The molecule has 1 aliphatic rings. The van der Waals surface area contributed by atoms with Crippen LogP contribution in [0.15, 0.2) is 48.0 Å². The van der Waals surface area contributed by atoms with Crippen molar-refractivity contribution >= 4 is 22.2 Å². The molecule has 192 valence electrons. The second-order valence-electron chi connectivity index (χ2n) is 8.44. The first kappa shape index (κ1) is 28.4. The van der Waals surface area contributed by atoms with Gasteiger partial charge in [0.1, 0.15) is 5.75 Å². The largest absolute Gasteiger partial charge is 0.466 e. The van der Waals surface area contributed by atoms with Crippen molar-refractivity contribution in [2.75, 3.05) is 12.9 Å². The lowest BCUT2D eigenvalue weighted by atomic mass is 9.91. The van der Waals surface area contributed by atoms with Gasteiger partial charge in [0.05, 0.1) is 12.9 Å². The predicted molar refractivity (Wildman–Crippen MR) is 130 cm³/mol. The molecule has 0 saturated heterocycles. The molecule has 0 amide bonds. The number of carbonyl (C=O) groups is 1. The maximum atomic E-state index is 11.9. The zero-order chi connectivity index (χ0) is 26.2. The molecule has 0 N–H and O–H groups in total. The number of carbonyl (C=O) groups excluding carboxylic acids is 1. The first-order valence-corrected chi connectivity index (χ1v) is 12.9. The van der Waals surface area contributed by atoms with Crippen LogP contribution in [0, 0.1) is 6.92 Å². The standard InChI is InChI=1S/C15H18O2.C11H13F3O3S/c1-4-10(2)13-7-5-6-11-8-12(9-14(11)13)15(16)17-3;1-9-4-2-5-10(8-9)17-18(15,16)7-3-6-11(12,13)14/h5-8,10H,4,9H2,1-3H3;2,4-5,8H,3,6-7H2,1H3. The highest BCUT2D eigenvalue weighted by Crippen LogP contribution is 2.33. The van der Waals surface area contributed by atoms with Crippen molar-refractivity contribution < 1.29 is 35.3 Å². The lowest BCUT2D eigenvalue weighted by molar-refractivity contribution is -0.136. The molecule has 1 unspecified atom stereocenters. The Morgan fingerprint density at radius 3 is 2.43 bits per heavy atom. The number of ether oxygens (including phenoxy) is 1. The summed E-state index contributed by atoms with van der Waals surface area (Å²) in [4.78, 5) is 11.5. The quantitative estimate of drug-likeness (QED) is 0.304. The third-order valence-corrected chi connectivity index (χ3v) is 6.84. The van der Waals surface area contributed by atoms with Crippen molar-refractivity contribution in [3.63, 3.8) is 0 Å². The minimum atomic E-state index is -4.35. The van der Waals surface area contributed by atoms with E-state index < -0.39 is 34.9 Å². The fourth-order valence-electron chi connectivity index (χ4n) is 3.64. The van der Waals surface area contributed by atoms with Crippen LogP contribution in [0.4, 0.5) is 13.2 Å². The molecule has 0 fully saturated rings. The van der Waals surface area contributed by atoms with E-state index in [0.29, 0.717) is 12.3 Å². The highest BCUT2D eigenvalue weighted by molar-refractivity contribution is 7.87. The van der Waals surface area contributed by atoms with E-state index in [0.717, 1.165) is 17.6 Å². The van der Waals surface area contributed by atoms with Gasteiger partial charge in [-0.3, -0.25) is 0 Å². The summed E-state index contributed by atoms with van der Waals surface area (Å²) in [5.74, 6) is -0.214. The van der Waals surface area contributed by atoms with Crippen LogP contribution in [0.3, 0.4) is 0 Å². The number of hydrogen-bond acceptors (Lipinski definition) is 5. The molecular weight excluding hydrogens is 481 g/mol. The van der Waals surface area contributed by atoms with E-state index in [2.05, 4.69) is 32.0 Å². The van der Waals surface area contributed by atoms with E-state index in [1.165, 1.54) is 35.9 Å².